The van der Waals surface area contributed by atoms with Gasteiger partial charge in [0.1, 0.15) is 5.52 Å². The van der Waals surface area contributed by atoms with Gasteiger partial charge in [-0.15, -0.1) is 0 Å². The van der Waals surface area contributed by atoms with Crippen LogP contribution in [0.15, 0.2) is 45.8 Å². The molecule has 10 heteroatoms. The molecule has 0 aliphatic carbocycles. The zero-order chi connectivity index (χ0) is 21.5. The molecule has 3 aromatic heterocycles. The summed E-state index contributed by atoms with van der Waals surface area (Å²) >= 11 is 6.03. The number of halogens is 1. The number of rotatable bonds is 3. The highest BCUT2D eigenvalue weighted by molar-refractivity contribution is 6.30. The Morgan fingerprint density at radius 2 is 2.19 bits per heavy atom. The van der Waals surface area contributed by atoms with E-state index >= 15 is 0 Å². The van der Waals surface area contributed by atoms with Gasteiger partial charge in [-0.25, -0.2) is 4.52 Å². The molecular formula is C21H19ClN6O3. The second kappa shape index (κ2) is 7.66. The standard InChI is InChI=1S/C21H19ClN6O3/c1-12-10-28-17(19(29)23-12)9-16(25-28)20-24-18(26-31-20)14-5-3-7-27(11-14)21(30)13-4-2-6-15(22)8-13/h2,4,6,8-10,14H,3,5,7,11H2,1H3,(H,23,29). The van der Waals surface area contributed by atoms with Crippen molar-refractivity contribution < 1.29 is 9.32 Å². The largest absolute Gasteiger partial charge is 0.338 e. The molecule has 1 saturated heterocycles. The van der Waals surface area contributed by atoms with Crippen LogP contribution in [-0.2, 0) is 0 Å². The number of hydrogen-bond acceptors (Lipinski definition) is 6. The molecule has 0 spiro atoms. The molecule has 0 radical (unpaired) electrons. The van der Waals surface area contributed by atoms with Crippen LogP contribution in [0.1, 0.15) is 40.6 Å². The first kappa shape index (κ1) is 19.5. The highest BCUT2D eigenvalue weighted by atomic mass is 35.5. The summed E-state index contributed by atoms with van der Waals surface area (Å²) in [7, 11) is 0. The minimum atomic E-state index is -0.235. The van der Waals surface area contributed by atoms with Crippen molar-refractivity contribution in [3.05, 3.63) is 69.0 Å². The van der Waals surface area contributed by atoms with E-state index in [0.29, 0.717) is 46.4 Å². The summed E-state index contributed by atoms with van der Waals surface area (Å²) in [4.78, 5) is 34.0. The van der Waals surface area contributed by atoms with Crippen LogP contribution in [0.2, 0.25) is 5.02 Å². The average molecular weight is 439 g/mol. The Labute approximate surface area is 181 Å². The third-order valence-corrected chi connectivity index (χ3v) is 5.64. The lowest BCUT2D eigenvalue weighted by Gasteiger charge is -2.31. The van der Waals surface area contributed by atoms with Gasteiger partial charge < -0.3 is 14.4 Å². The van der Waals surface area contributed by atoms with E-state index in [1.807, 2.05) is 0 Å². The number of amides is 1. The number of hydrogen-bond donors (Lipinski definition) is 1. The Kier molecular flexibility index (Phi) is 4.82. The highest BCUT2D eigenvalue weighted by Crippen LogP contribution is 2.28. The van der Waals surface area contributed by atoms with Crippen LogP contribution in [0.25, 0.3) is 17.1 Å². The summed E-state index contributed by atoms with van der Waals surface area (Å²) < 4.78 is 6.93. The first-order valence-electron chi connectivity index (χ1n) is 9.96. The van der Waals surface area contributed by atoms with Gasteiger partial charge in [-0.2, -0.15) is 10.1 Å². The number of piperidine rings is 1. The lowest BCUT2D eigenvalue weighted by molar-refractivity contribution is 0.0703. The van der Waals surface area contributed by atoms with Crippen molar-refractivity contribution in [1.82, 2.24) is 29.6 Å². The van der Waals surface area contributed by atoms with Crippen molar-refractivity contribution in [2.75, 3.05) is 13.1 Å². The van der Waals surface area contributed by atoms with E-state index in [-0.39, 0.29) is 23.3 Å². The Morgan fingerprint density at radius 3 is 3.03 bits per heavy atom. The summed E-state index contributed by atoms with van der Waals surface area (Å²) in [5.41, 5.74) is 1.85. The van der Waals surface area contributed by atoms with E-state index in [1.54, 1.807) is 48.4 Å². The predicted octanol–water partition coefficient (Wildman–Crippen LogP) is 3.05. The Hall–Kier alpha value is -3.46. The highest BCUT2D eigenvalue weighted by Gasteiger charge is 2.29. The van der Waals surface area contributed by atoms with Crippen LogP contribution in [0.4, 0.5) is 0 Å². The van der Waals surface area contributed by atoms with Gasteiger partial charge >= 0.3 is 0 Å². The van der Waals surface area contributed by atoms with Gasteiger partial charge in [-0.05, 0) is 38.0 Å². The van der Waals surface area contributed by atoms with Crippen molar-refractivity contribution in [3.8, 4) is 11.6 Å². The van der Waals surface area contributed by atoms with Crippen molar-refractivity contribution in [2.24, 2.45) is 0 Å². The molecule has 1 N–H and O–H groups in total. The van der Waals surface area contributed by atoms with E-state index < -0.39 is 0 Å². The van der Waals surface area contributed by atoms with Crippen LogP contribution >= 0.6 is 11.6 Å². The first-order chi connectivity index (χ1) is 15.0. The van der Waals surface area contributed by atoms with Crippen molar-refractivity contribution in [3.63, 3.8) is 0 Å². The van der Waals surface area contributed by atoms with Gasteiger partial charge in [0.15, 0.2) is 11.5 Å². The van der Waals surface area contributed by atoms with E-state index in [4.69, 9.17) is 16.1 Å². The number of aromatic amines is 1. The van der Waals surface area contributed by atoms with E-state index in [0.717, 1.165) is 12.8 Å². The zero-order valence-electron chi connectivity index (χ0n) is 16.7. The smallest absolute Gasteiger partial charge is 0.278 e. The minimum absolute atomic E-state index is 0.0444. The molecule has 4 aromatic rings. The summed E-state index contributed by atoms with van der Waals surface area (Å²) in [5, 5.41) is 9.04. The summed E-state index contributed by atoms with van der Waals surface area (Å²) in [6, 6.07) is 8.56. The van der Waals surface area contributed by atoms with Crippen LogP contribution in [0, 0.1) is 6.92 Å². The quantitative estimate of drug-likeness (QED) is 0.526. The molecule has 1 unspecified atom stereocenters. The lowest BCUT2D eigenvalue weighted by Crippen LogP contribution is -2.39. The first-order valence-corrected chi connectivity index (χ1v) is 10.3. The summed E-state index contributed by atoms with van der Waals surface area (Å²) in [5.74, 6) is 0.665. The van der Waals surface area contributed by atoms with Gasteiger partial charge in [-0.1, -0.05) is 22.8 Å². The van der Waals surface area contributed by atoms with Gasteiger partial charge in [0.2, 0.25) is 0 Å². The van der Waals surface area contributed by atoms with Crippen LogP contribution < -0.4 is 5.56 Å². The van der Waals surface area contributed by atoms with Gasteiger partial charge in [0, 0.05) is 47.6 Å². The Balaban J connectivity index is 1.37. The number of nitrogens with zero attached hydrogens (tertiary/aromatic N) is 5. The molecule has 1 aliphatic heterocycles. The molecule has 158 valence electrons. The second-order valence-corrected chi connectivity index (χ2v) is 8.12. The lowest BCUT2D eigenvalue weighted by atomic mass is 9.96. The minimum Gasteiger partial charge on any atom is -0.338 e. The molecular weight excluding hydrogens is 420 g/mol. The second-order valence-electron chi connectivity index (χ2n) is 7.68. The normalized spacial score (nSPS) is 16.7. The predicted molar refractivity (Wildman–Crippen MR) is 113 cm³/mol. The molecule has 5 rings (SSSR count). The fraction of sp³-hybridized carbons (Fsp3) is 0.286. The summed E-state index contributed by atoms with van der Waals surface area (Å²) in [6.45, 7) is 2.95. The maximum atomic E-state index is 12.9. The number of carbonyl (C=O) groups is 1. The van der Waals surface area contributed by atoms with Gasteiger partial charge in [-0.3, -0.25) is 9.59 Å². The van der Waals surface area contributed by atoms with Crippen LogP contribution in [0.5, 0.6) is 0 Å². The van der Waals surface area contributed by atoms with Crippen molar-refractivity contribution >= 4 is 23.0 Å². The zero-order valence-corrected chi connectivity index (χ0v) is 17.5. The van der Waals surface area contributed by atoms with Crippen LogP contribution in [-0.4, -0.2) is 48.6 Å². The monoisotopic (exact) mass is 438 g/mol. The van der Waals surface area contributed by atoms with E-state index in [2.05, 4.69) is 20.2 Å². The van der Waals surface area contributed by atoms with Crippen molar-refractivity contribution in [1.29, 1.82) is 0 Å². The van der Waals surface area contributed by atoms with E-state index in [1.165, 1.54) is 4.52 Å². The molecule has 0 bridgehead atoms. The maximum absolute atomic E-state index is 12.9. The Morgan fingerprint density at radius 1 is 1.32 bits per heavy atom. The number of nitrogens with one attached hydrogen (secondary N) is 1. The number of aryl methyl sites for hydroxylation is 1. The molecule has 31 heavy (non-hydrogen) atoms. The molecule has 1 fully saturated rings. The maximum Gasteiger partial charge on any atom is 0.278 e. The van der Waals surface area contributed by atoms with Crippen LogP contribution in [0.3, 0.4) is 0 Å². The molecule has 9 nitrogen and oxygen atoms in total. The molecule has 1 aliphatic rings. The molecule has 1 amide bonds. The fourth-order valence-electron chi connectivity index (χ4n) is 3.91. The topological polar surface area (TPSA) is 109 Å². The van der Waals surface area contributed by atoms with E-state index in [9.17, 15) is 9.59 Å². The molecule has 1 aromatic carbocycles. The number of carbonyl (C=O) groups excluding carboxylic acids is 1. The number of H-pyrrole nitrogens is 1. The Bertz CT molecular complexity index is 1340. The number of fused-ring (bicyclic) bond motifs is 1. The van der Waals surface area contributed by atoms with Crippen molar-refractivity contribution in [2.45, 2.75) is 25.7 Å². The third-order valence-electron chi connectivity index (χ3n) is 5.40. The SMILES string of the molecule is Cc1cn2nc(-c3nc(C4CCCN(C(=O)c5cccc(Cl)c5)C4)no3)cc2c(=O)[nH]1. The average Bonchev–Trinajstić information content (AvgIpc) is 3.41. The van der Waals surface area contributed by atoms with Gasteiger partial charge in [0.25, 0.3) is 17.4 Å². The number of aromatic nitrogens is 5. The molecule has 4 heterocycles. The van der Waals surface area contributed by atoms with Gasteiger partial charge in [0.05, 0.1) is 0 Å². The molecule has 1 atom stereocenters. The fourth-order valence-corrected chi connectivity index (χ4v) is 4.10. The summed E-state index contributed by atoms with van der Waals surface area (Å²) in [6.07, 6.45) is 3.41. The third kappa shape index (κ3) is 3.72. The molecule has 0 saturated carbocycles. The number of benzene rings is 1. The number of likely N-dealkylation sites (tertiary alicyclic amines) is 1.